The van der Waals surface area contributed by atoms with Crippen LogP contribution in [0.15, 0.2) is 66.8 Å². The molecule has 2 aliphatic heterocycles. The molecule has 3 aliphatic rings. The Labute approximate surface area is 177 Å². The average molecular weight is 395 g/mol. The van der Waals surface area contributed by atoms with Gasteiger partial charge in [-0.05, 0) is 36.9 Å². The Morgan fingerprint density at radius 3 is 2.21 bits per heavy atom. The minimum Gasteiger partial charge on any atom is -0.396 e. The Hall–Kier alpha value is -1.68. The van der Waals surface area contributed by atoms with Gasteiger partial charge in [0.15, 0.2) is 0 Å². The Morgan fingerprint density at radius 2 is 1.59 bits per heavy atom. The zero-order chi connectivity index (χ0) is 20.5. The summed E-state index contributed by atoms with van der Waals surface area (Å²) in [4.78, 5) is 5.18. The summed E-state index contributed by atoms with van der Waals surface area (Å²) in [6.45, 7) is 10.9. The van der Waals surface area contributed by atoms with E-state index >= 15 is 0 Å². The number of hydrogen-bond acceptors (Lipinski definition) is 3. The number of benzene rings is 1. The molecule has 3 heteroatoms. The van der Waals surface area contributed by atoms with Crippen LogP contribution >= 0.6 is 0 Å². The number of piperidine rings is 1. The van der Waals surface area contributed by atoms with Gasteiger partial charge in [-0.15, -0.1) is 0 Å². The topological polar surface area (TPSA) is 26.7 Å². The average Bonchev–Trinajstić information content (AvgIpc) is 2.92. The highest BCUT2D eigenvalue weighted by molar-refractivity contribution is 5.20. The molecule has 1 unspecified atom stereocenters. The number of nitrogens with zero attached hydrogens (tertiary/aromatic N) is 2. The molecule has 2 fully saturated rings. The van der Waals surface area contributed by atoms with Crippen LogP contribution in [0.4, 0.5) is 0 Å². The van der Waals surface area contributed by atoms with Crippen LogP contribution in [-0.4, -0.2) is 54.2 Å². The summed E-state index contributed by atoms with van der Waals surface area (Å²) in [5.74, 6) is 0.936. The summed E-state index contributed by atoms with van der Waals surface area (Å²) in [6, 6.07) is 10.7. The van der Waals surface area contributed by atoms with Crippen LogP contribution in [0.1, 0.15) is 32.3 Å². The van der Waals surface area contributed by atoms with E-state index < -0.39 is 0 Å². The second kappa shape index (κ2) is 10.9. The van der Waals surface area contributed by atoms with E-state index in [4.69, 9.17) is 0 Å². The van der Waals surface area contributed by atoms with Crippen LogP contribution < -0.4 is 0 Å². The maximum Gasteiger partial charge on any atom is 0.0477 e. The van der Waals surface area contributed by atoms with Gasteiger partial charge < -0.3 is 10.0 Å². The Kier molecular flexibility index (Phi) is 8.29. The van der Waals surface area contributed by atoms with E-state index in [1.165, 1.54) is 18.4 Å². The van der Waals surface area contributed by atoms with Crippen molar-refractivity contribution in [2.45, 2.75) is 33.2 Å². The van der Waals surface area contributed by atoms with Gasteiger partial charge in [-0.2, -0.15) is 0 Å². The lowest BCUT2D eigenvalue weighted by Gasteiger charge is -2.43. The fraction of sp³-hybridized carbons (Fsp3) is 0.538. The number of likely N-dealkylation sites (tertiary alicyclic amines) is 2. The number of aliphatic hydroxyl groups excluding tert-OH is 1. The second-order valence-electron chi connectivity index (χ2n) is 8.52. The van der Waals surface area contributed by atoms with Crippen molar-refractivity contribution in [3.05, 3.63) is 72.4 Å². The molecule has 3 nitrogen and oxygen atoms in total. The van der Waals surface area contributed by atoms with Crippen molar-refractivity contribution in [3.63, 3.8) is 0 Å². The molecule has 1 aromatic carbocycles. The van der Waals surface area contributed by atoms with Crippen LogP contribution in [-0.2, 0) is 6.54 Å². The van der Waals surface area contributed by atoms with Crippen LogP contribution in [0.3, 0.4) is 0 Å². The Bertz CT molecular complexity index is 670. The first kappa shape index (κ1) is 22.0. The van der Waals surface area contributed by atoms with Crippen molar-refractivity contribution in [2.75, 3.05) is 39.3 Å². The molecule has 1 aromatic rings. The molecular formula is C26H38N2O. The fourth-order valence-corrected chi connectivity index (χ4v) is 5.13. The van der Waals surface area contributed by atoms with Gasteiger partial charge in [0.25, 0.3) is 0 Å². The molecule has 2 saturated heterocycles. The van der Waals surface area contributed by atoms with E-state index in [0.717, 1.165) is 39.3 Å². The lowest BCUT2D eigenvalue weighted by molar-refractivity contribution is 0.0492. The third kappa shape index (κ3) is 5.69. The largest absolute Gasteiger partial charge is 0.396 e. The van der Waals surface area contributed by atoms with Gasteiger partial charge in [0.2, 0.25) is 0 Å². The van der Waals surface area contributed by atoms with Crippen molar-refractivity contribution in [2.24, 2.45) is 17.3 Å². The Balaban J connectivity index is 0.00000117. The highest BCUT2D eigenvalue weighted by Gasteiger charge is 2.47. The lowest BCUT2D eigenvalue weighted by atomic mass is 9.71. The number of hydrogen-bond donors (Lipinski definition) is 1. The molecule has 0 amide bonds. The highest BCUT2D eigenvalue weighted by Crippen LogP contribution is 2.45. The molecular weight excluding hydrogens is 356 g/mol. The standard InChI is InChI=1S/C24H32N2O.C2H6/c27-19-23-18-26(17-22-10-6-3-7-11-22)20-24(23)12-14-25(15-13-24)16-21-8-4-1-2-5-9-21;1-2/h1-11,21,23,27H,12-20H2;1-2H3. The molecule has 0 saturated carbocycles. The molecule has 0 aromatic heterocycles. The fourth-order valence-electron chi connectivity index (χ4n) is 5.13. The Morgan fingerprint density at radius 1 is 0.931 bits per heavy atom. The van der Waals surface area contributed by atoms with Gasteiger partial charge in [-0.25, -0.2) is 0 Å². The minimum absolute atomic E-state index is 0.302. The molecule has 1 N–H and O–H groups in total. The highest BCUT2D eigenvalue weighted by atomic mass is 16.3. The van der Waals surface area contributed by atoms with E-state index in [1.807, 2.05) is 13.8 Å². The molecule has 158 valence electrons. The zero-order valence-corrected chi connectivity index (χ0v) is 18.2. The van der Waals surface area contributed by atoms with Crippen LogP contribution in [0.5, 0.6) is 0 Å². The van der Waals surface area contributed by atoms with E-state index in [-0.39, 0.29) is 0 Å². The molecule has 1 aliphatic carbocycles. The zero-order valence-electron chi connectivity index (χ0n) is 18.2. The first-order valence-electron chi connectivity index (χ1n) is 11.4. The van der Waals surface area contributed by atoms with Gasteiger partial charge >= 0.3 is 0 Å². The maximum absolute atomic E-state index is 10.1. The predicted molar refractivity (Wildman–Crippen MR) is 123 cm³/mol. The van der Waals surface area contributed by atoms with Crippen molar-refractivity contribution < 1.29 is 5.11 Å². The summed E-state index contributed by atoms with van der Waals surface area (Å²) < 4.78 is 0. The summed E-state index contributed by atoms with van der Waals surface area (Å²) in [7, 11) is 0. The first-order chi connectivity index (χ1) is 14.3. The maximum atomic E-state index is 10.1. The smallest absolute Gasteiger partial charge is 0.0477 e. The molecule has 2 heterocycles. The molecule has 1 atom stereocenters. The van der Waals surface area contributed by atoms with Gasteiger partial charge in [-0.3, -0.25) is 4.90 Å². The van der Waals surface area contributed by atoms with E-state index in [1.54, 1.807) is 0 Å². The monoisotopic (exact) mass is 394 g/mol. The molecule has 0 bridgehead atoms. The van der Waals surface area contributed by atoms with Crippen molar-refractivity contribution >= 4 is 0 Å². The summed E-state index contributed by atoms with van der Waals surface area (Å²) in [5.41, 5.74) is 1.68. The van der Waals surface area contributed by atoms with Crippen LogP contribution in [0, 0.1) is 17.3 Å². The lowest BCUT2D eigenvalue weighted by Crippen LogP contribution is -2.46. The molecule has 0 radical (unpaired) electrons. The summed E-state index contributed by atoms with van der Waals surface area (Å²) >= 11 is 0. The van der Waals surface area contributed by atoms with Gasteiger partial charge in [0.05, 0.1) is 0 Å². The molecule has 1 spiro atoms. The SMILES string of the molecule is CC.OCC1CN(Cc2ccccc2)CC12CCN(CC1C=CC=CC=C1)CC2. The molecule has 4 rings (SSSR count). The van der Waals surface area contributed by atoms with Gasteiger partial charge in [0.1, 0.15) is 0 Å². The number of rotatable bonds is 5. The minimum atomic E-state index is 0.302. The van der Waals surface area contributed by atoms with Crippen molar-refractivity contribution in [1.82, 2.24) is 9.80 Å². The van der Waals surface area contributed by atoms with Crippen molar-refractivity contribution in [3.8, 4) is 0 Å². The second-order valence-corrected chi connectivity index (χ2v) is 8.52. The first-order valence-corrected chi connectivity index (χ1v) is 11.4. The van der Waals surface area contributed by atoms with Gasteiger partial charge in [0, 0.05) is 44.6 Å². The third-order valence-electron chi connectivity index (χ3n) is 6.72. The quantitative estimate of drug-likeness (QED) is 0.795. The summed E-state index contributed by atoms with van der Waals surface area (Å²) in [6.07, 6.45) is 15.6. The van der Waals surface area contributed by atoms with E-state index in [9.17, 15) is 5.11 Å². The normalized spacial score (nSPS) is 24.4. The molecule has 29 heavy (non-hydrogen) atoms. The van der Waals surface area contributed by atoms with Crippen LogP contribution in [0.2, 0.25) is 0 Å². The van der Waals surface area contributed by atoms with Crippen molar-refractivity contribution in [1.29, 1.82) is 0 Å². The summed E-state index contributed by atoms with van der Waals surface area (Å²) in [5, 5.41) is 10.1. The third-order valence-corrected chi connectivity index (χ3v) is 6.72. The van der Waals surface area contributed by atoms with Crippen LogP contribution in [0.25, 0.3) is 0 Å². The number of aliphatic hydroxyl groups is 1. The van der Waals surface area contributed by atoms with E-state index in [0.29, 0.717) is 23.9 Å². The number of allylic oxidation sites excluding steroid dienone is 4. The van der Waals surface area contributed by atoms with Gasteiger partial charge in [-0.1, -0.05) is 80.6 Å². The predicted octanol–water partition coefficient (Wildman–Crippen LogP) is 4.52. The van der Waals surface area contributed by atoms with E-state index in [2.05, 4.69) is 76.6 Å².